The maximum Gasteiger partial charge on any atom is 0.369 e. The Bertz CT molecular complexity index is 722. The van der Waals surface area contributed by atoms with Crippen LogP contribution in [-0.4, -0.2) is 16.0 Å². The van der Waals surface area contributed by atoms with Gasteiger partial charge in [-0.1, -0.05) is 0 Å². The second kappa shape index (κ2) is 3.55. The first-order valence-corrected chi connectivity index (χ1v) is 5.13. The zero-order chi connectivity index (χ0) is 11.8. The minimum Gasteiger partial charge on any atom is -0.265 e. The van der Waals surface area contributed by atoms with Crippen molar-refractivity contribution in [3.8, 4) is 11.1 Å². The molecule has 0 N–H and O–H groups in total. The normalized spacial score (nSPS) is 12.9. The van der Waals surface area contributed by atoms with Crippen molar-refractivity contribution in [2.75, 3.05) is 0 Å². The van der Waals surface area contributed by atoms with E-state index in [9.17, 15) is 4.79 Å². The lowest BCUT2D eigenvalue weighted by Crippen LogP contribution is -2.26. The van der Waals surface area contributed by atoms with Gasteiger partial charge in [0.05, 0.1) is 0 Å². The molecule has 1 aliphatic heterocycles. The third-order valence-corrected chi connectivity index (χ3v) is 2.58. The van der Waals surface area contributed by atoms with Crippen molar-refractivity contribution in [1.29, 1.82) is 0 Å². The Morgan fingerprint density at radius 1 is 1.12 bits per heavy atom. The highest BCUT2D eigenvalue weighted by Gasteiger charge is 2.10. The van der Waals surface area contributed by atoms with E-state index in [1.807, 2.05) is 25.1 Å². The van der Waals surface area contributed by atoms with Gasteiger partial charge in [0.15, 0.2) is 5.49 Å². The van der Waals surface area contributed by atoms with Crippen LogP contribution in [0.25, 0.3) is 11.1 Å². The summed E-state index contributed by atoms with van der Waals surface area (Å²) >= 11 is 0. The molecule has 2 aromatic rings. The Morgan fingerprint density at radius 3 is 2.65 bits per heavy atom. The van der Waals surface area contributed by atoms with Crippen molar-refractivity contribution in [1.82, 2.24) is 9.97 Å². The molecule has 82 valence electrons. The average Bonchev–Trinajstić information content (AvgIpc) is 2.68. The first-order chi connectivity index (χ1) is 8.24. The van der Waals surface area contributed by atoms with E-state index in [2.05, 4.69) is 20.0 Å². The van der Waals surface area contributed by atoms with Gasteiger partial charge in [0, 0.05) is 23.7 Å². The molecule has 0 aliphatic carbocycles. The topological polar surface area (TPSA) is 67.6 Å². The standard InChI is InChI=1S/C12H8N4O/c1-7-9(8-2-4-13-5-3-8)6-10-11(14-7)16-12(17)15-10/h2-6H,1H3. The van der Waals surface area contributed by atoms with Gasteiger partial charge < -0.3 is 0 Å². The number of aryl methyl sites for hydroxylation is 1. The van der Waals surface area contributed by atoms with Crippen molar-refractivity contribution in [2.45, 2.75) is 6.92 Å². The van der Waals surface area contributed by atoms with Crippen LogP contribution in [0.1, 0.15) is 5.69 Å². The van der Waals surface area contributed by atoms with E-state index in [0.29, 0.717) is 10.8 Å². The number of aromatic nitrogens is 2. The SMILES string of the molecule is Cc1nc2c(cc1-c1ccncc1)=NC(=O)N=2. The molecular formula is C12H8N4O. The lowest BCUT2D eigenvalue weighted by molar-refractivity contribution is 0.256. The summed E-state index contributed by atoms with van der Waals surface area (Å²) < 4.78 is 0. The molecule has 0 saturated carbocycles. The summed E-state index contributed by atoms with van der Waals surface area (Å²) in [5.41, 5.74) is 3.18. The largest absolute Gasteiger partial charge is 0.369 e. The minimum atomic E-state index is -0.487. The molecule has 5 nitrogen and oxygen atoms in total. The molecule has 17 heavy (non-hydrogen) atoms. The Morgan fingerprint density at radius 2 is 1.88 bits per heavy atom. The molecule has 2 amide bonds. The zero-order valence-corrected chi connectivity index (χ0v) is 9.08. The summed E-state index contributed by atoms with van der Waals surface area (Å²) in [5, 5.41) is 0.535. The number of carbonyl (C=O) groups excluding carboxylic acids is 1. The van der Waals surface area contributed by atoms with Crippen LogP contribution in [0.3, 0.4) is 0 Å². The maximum atomic E-state index is 11.1. The number of amides is 2. The Balaban J connectivity index is 2.29. The van der Waals surface area contributed by atoms with Crippen LogP contribution in [0, 0.1) is 6.92 Å². The van der Waals surface area contributed by atoms with E-state index in [4.69, 9.17) is 0 Å². The minimum absolute atomic E-state index is 0.408. The molecule has 0 bridgehead atoms. The van der Waals surface area contributed by atoms with Crippen LogP contribution in [-0.2, 0) is 0 Å². The third-order valence-electron chi connectivity index (χ3n) is 2.58. The van der Waals surface area contributed by atoms with Crippen LogP contribution in [0.15, 0.2) is 40.6 Å². The number of fused-ring (bicyclic) bond motifs is 1. The van der Waals surface area contributed by atoms with Gasteiger partial charge in [0.25, 0.3) is 0 Å². The van der Waals surface area contributed by atoms with Gasteiger partial charge in [-0.3, -0.25) is 4.98 Å². The Kier molecular flexibility index (Phi) is 2.04. The molecule has 3 rings (SSSR count). The number of pyridine rings is 2. The Labute approximate surface area is 96.6 Å². The Hall–Kier alpha value is -2.43. The summed E-state index contributed by atoms with van der Waals surface area (Å²) in [6.07, 6.45) is 3.43. The number of rotatable bonds is 1. The maximum absolute atomic E-state index is 11.1. The highest BCUT2D eigenvalue weighted by molar-refractivity contribution is 5.77. The lowest BCUT2D eigenvalue weighted by Gasteiger charge is -2.03. The van der Waals surface area contributed by atoms with Crippen LogP contribution in [0.2, 0.25) is 0 Å². The molecular weight excluding hydrogens is 216 g/mol. The van der Waals surface area contributed by atoms with Crippen LogP contribution < -0.4 is 10.8 Å². The van der Waals surface area contributed by atoms with E-state index >= 15 is 0 Å². The van der Waals surface area contributed by atoms with E-state index in [1.165, 1.54) is 0 Å². The van der Waals surface area contributed by atoms with Crippen molar-refractivity contribution < 1.29 is 4.79 Å². The predicted octanol–water partition coefficient (Wildman–Crippen LogP) is 0.825. The molecule has 5 heteroatoms. The van der Waals surface area contributed by atoms with Crippen LogP contribution >= 0.6 is 0 Å². The van der Waals surface area contributed by atoms with E-state index < -0.39 is 6.03 Å². The van der Waals surface area contributed by atoms with Gasteiger partial charge >= 0.3 is 6.03 Å². The fourth-order valence-corrected chi connectivity index (χ4v) is 1.79. The summed E-state index contributed by atoms with van der Waals surface area (Å²) in [6.45, 7) is 1.88. The number of hydrogen-bond acceptors (Lipinski definition) is 3. The van der Waals surface area contributed by atoms with Crippen molar-refractivity contribution >= 4 is 6.03 Å². The molecule has 0 radical (unpaired) electrons. The smallest absolute Gasteiger partial charge is 0.265 e. The molecule has 2 aromatic heterocycles. The van der Waals surface area contributed by atoms with E-state index in [-0.39, 0.29) is 0 Å². The number of nitrogens with zero attached hydrogens (tertiary/aromatic N) is 4. The zero-order valence-electron chi connectivity index (χ0n) is 9.08. The summed E-state index contributed by atoms with van der Waals surface area (Å²) in [5.74, 6) is 0. The predicted molar refractivity (Wildman–Crippen MR) is 59.9 cm³/mol. The van der Waals surface area contributed by atoms with Gasteiger partial charge in [-0.05, 0) is 30.7 Å². The fraction of sp³-hybridized carbons (Fsp3) is 0.0833. The first kappa shape index (κ1) is 9.77. The summed E-state index contributed by atoms with van der Waals surface area (Å²) in [4.78, 5) is 26.8. The highest BCUT2D eigenvalue weighted by Crippen LogP contribution is 2.18. The number of carbonyl (C=O) groups is 1. The summed E-state index contributed by atoms with van der Waals surface area (Å²) in [6, 6.07) is 5.13. The molecule has 1 aliphatic rings. The monoisotopic (exact) mass is 224 g/mol. The first-order valence-electron chi connectivity index (χ1n) is 5.13. The van der Waals surface area contributed by atoms with Crippen molar-refractivity contribution in [3.63, 3.8) is 0 Å². The molecule has 0 aromatic carbocycles. The van der Waals surface area contributed by atoms with Crippen molar-refractivity contribution in [3.05, 3.63) is 47.1 Å². The van der Waals surface area contributed by atoms with Gasteiger partial charge in [-0.25, -0.2) is 9.78 Å². The second-order valence-electron chi connectivity index (χ2n) is 3.71. The third kappa shape index (κ3) is 1.61. The molecule has 0 saturated heterocycles. The second-order valence-corrected chi connectivity index (χ2v) is 3.71. The molecule has 0 atom stereocenters. The number of urea groups is 1. The fourth-order valence-electron chi connectivity index (χ4n) is 1.79. The lowest BCUT2D eigenvalue weighted by atomic mass is 10.1. The van der Waals surface area contributed by atoms with Gasteiger partial charge in [-0.15, -0.1) is 0 Å². The molecule has 0 unspecified atom stereocenters. The quantitative estimate of drug-likeness (QED) is 0.720. The van der Waals surface area contributed by atoms with Crippen LogP contribution in [0.5, 0.6) is 0 Å². The van der Waals surface area contributed by atoms with Crippen molar-refractivity contribution in [2.24, 2.45) is 9.98 Å². The molecule has 0 spiro atoms. The number of hydrogen-bond donors (Lipinski definition) is 0. The molecule has 0 fully saturated rings. The van der Waals surface area contributed by atoms with Gasteiger partial charge in [-0.2, -0.15) is 9.98 Å². The molecule has 3 heterocycles. The van der Waals surface area contributed by atoms with Crippen LogP contribution in [0.4, 0.5) is 4.79 Å². The average molecular weight is 224 g/mol. The van der Waals surface area contributed by atoms with E-state index in [1.54, 1.807) is 12.4 Å². The van der Waals surface area contributed by atoms with E-state index in [0.717, 1.165) is 16.8 Å². The summed E-state index contributed by atoms with van der Waals surface area (Å²) in [7, 11) is 0. The highest BCUT2D eigenvalue weighted by atomic mass is 16.2. The van der Waals surface area contributed by atoms with Gasteiger partial charge in [0.1, 0.15) is 5.36 Å². The van der Waals surface area contributed by atoms with Gasteiger partial charge in [0.2, 0.25) is 0 Å².